The van der Waals surface area contributed by atoms with E-state index in [-0.39, 0.29) is 6.54 Å². The van der Waals surface area contributed by atoms with Crippen molar-refractivity contribution in [3.05, 3.63) is 35.6 Å². The van der Waals surface area contributed by atoms with Crippen LogP contribution >= 0.6 is 0 Å². The summed E-state index contributed by atoms with van der Waals surface area (Å²) in [6.07, 6.45) is -4.83. The van der Waals surface area contributed by atoms with Crippen LogP contribution in [0.3, 0.4) is 0 Å². The summed E-state index contributed by atoms with van der Waals surface area (Å²) in [5.74, 6) is -1.71. The van der Waals surface area contributed by atoms with E-state index >= 15 is 0 Å². The van der Waals surface area contributed by atoms with Gasteiger partial charge in [0.2, 0.25) is 0 Å². The molecule has 1 unspecified atom stereocenters. The minimum absolute atomic E-state index is 0.0814. The van der Waals surface area contributed by atoms with Gasteiger partial charge in [-0.3, -0.25) is 4.79 Å². The number of rotatable bonds is 3. The van der Waals surface area contributed by atoms with Gasteiger partial charge < -0.3 is 10.6 Å². The number of carbonyl (C=O) groups is 1. The van der Waals surface area contributed by atoms with Crippen molar-refractivity contribution in [3.63, 3.8) is 0 Å². The standard InChI is InChI=1S/C12H14F4N2O/c1-11(17,12(14,15)16)10(19)18(2)7-8-3-5-9(13)6-4-8/h3-6H,7,17H2,1-2H3. The second-order valence-corrected chi connectivity index (χ2v) is 4.49. The number of benzene rings is 1. The predicted molar refractivity (Wildman–Crippen MR) is 61.5 cm³/mol. The molecule has 0 heterocycles. The number of likely N-dealkylation sites (N-methyl/N-ethyl adjacent to an activating group) is 1. The zero-order valence-corrected chi connectivity index (χ0v) is 10.5. The number of nitrogens with zero attached hydrogens (tertiary/aromatic N) is 1. The zero-order chi connectivity index (χ0) is 14.8. The minimum Gasteiger partial charge on any atom is -0.340 e. The molecule has 2 N–H and O–H groups in total. The summed E-state index contributed by atoms with van der Waals surface area (Å²) in [6, 6.07) is 5.11. The fraction of sp³-hybridized carbons (Fsp3) is 0.417. The second-order valence-electron chi connectivity index (χ2n) is 4.49. The van der Waals surface area contributed by atoms with Gasteiger partial charge in [-0.25, -0.2) is 4.39 Å². The lowest BCUT2D eigenvalue weighted by Gasteiger charge is -2.30. The molecular weight excluding hydrogens is 264 g/mol. The Morgan fingerprint density at radius 2 is 1.74 bits per heavy atom. The lowest BCUT2D eigenvalue weighted by Crippen LogP contribution is -2.61. The molecule has 1 amide bonds. The van der Waals surface area contributed by atoms with Crippen molar-refractivity contribution in [1.29, 1.82) is 0 Å². The van der Waals surface area contributed by atoms with Crippen molar-refractivity contribution in [2.75, 3.05) is 7.05 Å². The lowest BCUT2D eigenvalue weighted by atomic mass is 10.0. The van der Waals surface area contributed by atoms with Crippen molar-refractivity contribution < 1.29 is 22.4 Å². The summed E-state index contributed by atoms with van der Waals surface area (Å²) in [5.41, 5.74) is 2.61. The van der Waals surface area contributed by atoms with Crippen LogP contribution in [-0.4, -0.2) is 29.6 Å². The van der Waals surface area contributed by atoms with E-state index in [1.807, 2.05) is 0 Å². The number of hydrogen-bond donors (Lipinski definition) is 1. The van der Waals surface area contributed by atoms with Crippen LogP contribution in [0.1, 0.15) is 12.5 Å². The number of carbonyl (C=O) groups excluding carboxylic acids is 1. The quantitative estimate of drug-likeness (QED) is 0.860. The average molecular weight is 278 g/mol. The summed E-state index contributed by atoms with van der Waals surface area (Å²) in [6.45, 7) is 0.540. The summed E-state index contributed by atoms with van der Waals surface area (Å²) in [5, 5.41) is 0. The number of halogens is 4. The summed E-state index contributed by atoms with van der Waals surface area (Å²) in [4.78, 5) is 12.6. The van der Waals surface area contributed by atoms with E-state index in [2.05, 4.69) is 0 Å². The van der Waals surface area contributed by atoms with Gasteiger partial charge in [0, 0.05) is 13.6 Å². The highest BCUT2D eigenvalue weighted by Crippen LogP contribution is 2.29. The molecule has 0 saturated heterocycles. The summed E-state index contributed by atoms with van der Waals surface area (Å²) >= 11 is 0. The van der Waals surface area contributed by atoms with Crippen LogP contribution in [0.4, 0.5) is 17.6 Å². The maximum atomic E-state index is 12.7. The maximum Gasteiger partial charge on any atom is 0.415 e. The molecule has 3 nitrogen and oxygen atoms in total. The molecule has 0 saturated carbocycles. The molecule has 106 valence electrons. The van der Waals surface area contributed by atoms with Crippen molar-refractivity contribution >= 4 is 5.91 Å². The second kappa shape index (κ2) is 5.16. The van der Waals surface area contributed by atoms with Gasteiger partial charge in [0.25, 0.3) is 5.91 Å². The Bertz CT molecular complexity index is 454. The van der Waals surface area contributed by atoms with Gasteiger partial charge >= 0.3 is 6.18 Å². The Balaban J connectivity index is 2.81. The molecule has 1 aromatic carbocycles. The molecule has 19 heavy (non-hydrogen) atoms. The van der Waals surface area contributed by atoms with E-state index in [1.54, 1.807) is 0 Å². The molecule has 1 rings (SSSR count). The first-order valence-corrected chi connectivity index (χ1v) is 5.41. The van der Waals surface area contributed by atoms with Crippen molar-refractivity contribution in [1.82, 2.24) is 4.90 Å². The van der Waals surface area contributed by atoms with Gasteiger partial charge in [-0.15, -0.1) is 0 Å². The maximum absolute atomic E-state index is 12.7. The van der Waals surface area contributed by atoms with Gasteiger partial charge in [-0.2, -0.15) is 13.2 Å². The molecule has 0 spiro atoms. The van der Waals surface area contributed by atoms with Crippen molar-refractivity contribution in [2.45, 2.75) is 25.2 Å². The number of nitrogens with two attached hydrogens (primary N) is 1. The topological polar surface area (TPSA) is 46.3 Å². The molecule has 0 aliphatic rings. The Kier molecular flexibility index (Phi) is 4.19. The number of alkyl halides is 3. The highest BCUT2D eigenvalue weighted by Gasteiger charge is 2.54. The molecule has 7 heteroatoms. The van der Waals surface area contributed by atoms with Gasteiger partial charge in [0.1, 0.15) is 5.82 Å². The van der Waals surface area contributed by atoms with Crippen molar-refractivity contribution in [3.8, 4) is 0 Å². The molecule has 0 radical (unpaired) electrons. The highest BCUT2D eigenvalue weighted by molar-refractivity contribution is 5.86. The Morgan fingerprint density at radius 3 is 2.16 bits per heavy atom. The minimum atomic E-state index is -4.83. The highest BCUT2D eigenvalue weighted by atomic mass is 19.4. The first kappa shape index (κ1) is 15.4. The average Bonchev–Trinajstić information content (AvgIpc) is 2.29. The fourth-order valence-electron chi connectivity index (χ4n) is 1.45. The fourth-order valence-corrected chi connectivity index (χ4v) is 1.45. The smallest absolute Gasteiger partial charge is 0.340 e. The molecule has 0 aromatic heterocycles. The van der Waals surface area contributed by atoms with Crippen LogP contribution in [0.5, 0.6) is 0 Å². The zero-order valence-electron chi connectivity index (χ0n) is 10.5. The first-order chi connectivity index (χ1) is 8.55. The van der Waals surface area contributed by atoms with Crippen LogP contribution in [-0.2, 0) is 11.3 Å². The van der Waals surface area contributed by atoms with E-state index in [9.17, 15) is 22.4 Å². The van der Waals surface area contributed by atoms with Gasteiger partial charge in [-0.05, 0) is 24.6 Å². The normalized spacial score (nSPS) is 14.9. The largest absolute Gasteiger partial charge is 0.415 e. The van der Waals surface area contributed by atoms with Crippen LogP contribution in [0.15, 0.2) is 24.3 Å². The van der Waals surface area contributed by atoms with Crippen molar-refractivity contribution in [2.24, 2.45) is 5.73 Å². The Labute approximate surface area is 108 Å². The molecule has 1 aromatic rings. The van der Waals surface area contributed by atoms with Crippen LogP contribution < -0.4 is 5.73 Å². The predicted octanol–water partition coefficient (Wildman–Crippen LogP) is 2.06. The van der Waals surface area contributed by atoms with Gasteiger partial charge in [0.15, 0.2) is 5.54 Å². The van der Waals surface area contributed by atoms with Crippen LogP contribution in [0.25, 0.3) is 0 Å². The number of hydrogen-bond acceptors (Lipinski definition) is 2. The molecular formula is C12H14F4N2O. The molecule has 1 atom stereocenters. The molecule has 0 aliphatic heterocycles. The monoisotopic (exact) mass is 278 g/mol. The van der Waals surface area contributed by atoms with E-state index in [0.717, 1.165) is 4.90 Å². The van der Waals surface area contributed by atoms with E-state index < -0.39 is 23.4 Å². The van der Waals surface area contributed by atoms with E-state index in [1.165, 1.54) is 31.3 Å². The van der Waals surface area contributed by atoms with E-state index in [4.69, 9.17) is 5.73 Å². The Morgan fingerprint density at radius 1 is 1.26 bits per heavy atom. The first-order valence-electron chi connectivity index (χ1n) is 5.41. The third-order valence-electron chi connectivity index (χ3n) is 2.71. The Hall–Kier alpha value is -1.63. The van der Waals surface area contributed by atoms with Crippen LogP contribution in [0, 0.1) is 5.82 Å². The van der Waals surface area contributed by atoms with Gasteiger partial charge in [-0.1, -0.05) is 12.1 Å². The SMILES string of the molecule is CN(Cc1ccc(F)cc1)C(=O)C(C)(N)C(F)(F)F. The van der Waals surface area contributed by atoms with Crippen LogP contribution in [0.2, 0.25) is 0 Å². The van der Waals surface area contributed by atoms with Gasteiger partial charge in [0.05, 0.1) is 0 Å². The molecule has 0 fully saturated rings. The van der Waals surface area contributed by atoms with E-state index in [0.29, 0.717) is 12.5 Å². The lowest BCUT2D eigenvalue weighted by molar-refractivity contribution is -0.193. The summed E-state index contributed by atoms with van der Waals surface area (Å²) in [7, 11) is 1.21. The molecule has 0 bridgehead atoms. The third kappa shape index (κ3) is 3.44. The molecule has 0 aliphatic carbocycles. The number of amides is 1. The summed E-state index contributed by atoms with van der Waals surface area (Å²) < 4.78 is 50.5. The third-order valence-corrected chi connectivity index (χ3v) is 2.71.